The molecule has 0 atom stereocenters. The Balaban J connectivity index is 2.22. The Labute approximate surface area is 99.4 Å². The van der Waals surface area contributed by atoms with Crippen LogP contribution in [-0.4, -0.2) is 4.98 Å². The van der Waals surface area contributed by atoms with Gasteiger partial charge in [-0.1, -0.05) is 0 Å². The second kappa shape index (κ2) is 4.63. The zero-order chi connectivity index (χ0) is 11.5. The van der Waals surface area contributed by atoms with Gasteiger partial charge < -0.3 is 14.9 Å². The fraction of sp³-hybridized carbons (Fsp3) is 0.100. The summed E-state index contributed by atoms with van der Waals surface area (Å²) in [6.45, 7) is 0.261. The molecule has 0 fully saturated rings. The Morgan fingerprint density at radius 2 is 2.31 bits per heavy atom. The lowest BCUT2D eigenvalue weighted by Gasteiger charge is -2.02. The molecular formula is C10H8BrFN2O2. The maximum absolute atomic E-state index is 12.9. The smallest absolute Gasteiger partial charge is 0.399 e. The van der Waals surface area contributed by atoms with Crippen molar-refractivity contribution in [3.05, 3.63) is 40.4 Å². The van der Waals surface area contributed by atoms with Gasteiger partial charge >= 0.3 is 6.08 Å². The van der Waals surface area contributed by atoms with E-state index in [2.05, 4.69) is 20.9 Å². The molecule has 2 rings (SSSR count). The number of benzene rings is 1. The lowest BCUT2D eigenvalue weighted by atomic mass is 10.3. The highest BCUT2D eigenvalue weighted by Crippen LogP contribution is 2.29. The van der Waals surface area contributed by atoms with Crippen LogP contribution in [0.1, 0.15) is 5.69 Å². The lowest BCUT2D eigenvalue weighted by Crippen LogP contribution is -1.96. The average Bonchev–Trinajstić information content (AvgIpc) is 2.71. The highest BCUT2D eigenvalue weighted by atomic mass is 79.9. The predicted octanol–water partition coefficient (Wildman–Crippen LogP) is 2.83. The van der Waals surface area contributed by atoms with E-state index in [-0.39, 0.29) is 12.6 Å². The summed E-state index contributed by atoms with van der Waals surface area (Å²) < 4.78 is 23.8. The highest BCUT2D eigenvalue weighted by molar-refractivity contribution is 9.10. The van der Waals surface area contributed by atoms with E-state index < -0.39 is 5.82 Å². The third-order valence-electron chi connectivity index (χ3n) is 1.83. The summed E-state index contributed by atoms with van der Waals surface area (Å²) in [4.78, 5) is 3.94. The fourth-order valence-electron chi connectivity index (χ4n) is 1.08. The van der Waals surface area contributed by atoms with Crippen LogP contribution in [-0.2, 0) is 6.54 Å². The zero-order valence-electron chi connectivity index (χ0n) is 8.11. The molecule has 0 aliphatic heterocycles. The van der Waals surface area contributed by atoms with Gasteiger partial charge in [-0.25, -0.2) is 4.39 Å². The SMILES string of the molecule is NCc1coc(Oc2cc(F)ccc2Br)n1. The quantitative estimate of drug-likeness (QED) is 0.943. The third kappa shape index (κ3) is 2.40. The molecule has 2 aromatic rings. The first-order valence-electron chi connectivity index (χ1n) is 4.46. The molecular weight excluding hydrogens is 279 g/mol. The molecule has 0 saturated heterocycles. The van der Waals surface area contributed by atoms with Crippen LogP contribution < -0.4 is 10.5 Å². The van der Waals surface area contributed by atoms with E-state index in [1.165, 1.54) is 24.5 Å². The molecule has 0 spiro atoms. The second-order valence-corrected chi connectivity index (χ2v) is 3.84. The molecule has 0 amide bonds. The van der Waals surface area contributed by atoms with Gasteiger partial charge in [-0.05, 0) is 28.1 Å². The predicted molar refractivity (Wildman–Crippen MR) is 58.6 cm³/mol. The topological polar surface area (TPSA) is 61.3 Å². The maximum atomic E-state index is 12.9. The minimum Gasteiger partial charge on any atom is -0.417 e. The normalized spacial score (nSPS) is 10.4. The number of halogens is 2. The number of ether oxygens (including phenoxy) is 1. The minimum absolute atomic E-state index is 0.0340. The molecule has 16 heavy (non-hydrogen) atoms. The maximum Gasteiger partial charge on any atom is 0.399 e. The Bertz CT molecular complexity index is 501. The van der Waals surface area contributed by atoms with Gasteiger partial charge in [-0.2, -0.15) is 4.98 Å². The Morgan fingerprint density at radius 1 is 1.50 bits per heavy atom. The van der Waals surface area contributed by atoms with E-state index in [4.69, 9.17) is 14.9 Å². The molecule has 0 aliphatic carbocycles. The summed E-state index contributed by atoms with van der Waals surface area (Å²) in [6, 6.07) is 4.09. The van der Waals surface area contributed by atoms with Crippen molar-refractivity contribution in [3.63, 3.8) is 0 Å². The van der Waals surface area contributed by atoms with Crippen molar-refractivity contribution in [3.8, 4) is 11.8 Å². The molecule has 0 unspecified atom stereocenters. The fourth-order valence-corrected chi connectivity index (χ4v) is 1.41. The largest absolute Gasteiger partial charge is 0.417 e. The second-order valence-electron chi connectivity index (χ2n) is 2.99. The van der Waals surface area contributed by atoms with E-state index in [0.29, 0.717) is 15.9 Å². The van der Waals surface area contributed by atoms with Gasteiger partial charge in [0.05, 0.1) is 10.2 Å². The van der Waals surface area contributed by atoms with Crippen LogP contribution in [0.3, 0.4) is 0 Å². The number of aromatic nitrogens is 1. The van der Waals surface area contributed by atoms with Crippen LogP contribution in [0.15, 0.2) is 33.4 Å². The van der Waals surface area contributed by atoms with E-state index in [1.54, 1.807) is 0 Å². The minimum atomic E-state index is -0.399. The number of nitrogens with two attached hydrogens (primary N) is 1. The first-order chi connectivity index (χ1) is 7.69. The summed E-state index contributed by atoms with van der Waals surface area (Å²) in [5.74, 6) is -0.103. The molecule has 6 heteroatoms. The van der Waals surface area contributed by atoms with E-state index >= 15 is 0 Å². The van der Waals surface area contributed by atoms with Crippen molar-refractivity contribution in [1.29, 1.82) is 0 Å². The van der Waals surface area contributed by atoms with E-state index in [0.717, 1.165) is 0 Å². The average molecular weight is 287 g/mol. The number of oxazole rings is 1. The number of nitrogens with zero attached hydrogens (tertiary/aromatic N) is 1. The van der Waals surface area contributed by atoms with Crippen LogP contribution in [0.4, 0.5) is 4.39 Å². The van der Waals surface area contributed by atoms with Gasteiger partial charge in [0.25, 0.3) is 0 Å². The van der Waals surface area contributed by atoms with Gasteiger partial charge in [0.1, 0.15) is 17.8 Å². The lowest BCUT2D eigenvalue weighted by molar-refractivity contribution is 0.328. The number of hydrogen-bond donors (Lipinski definition) is 1. The van der Waals surface area contributed by atoms with Gasteiger partial charge in [0, 0.05) is 12.6 Å². The Hall–Kier alpha value is -1.40. The van der Waals surface area contributed by atoms with Crippen molar-refractivity contribution < 1.29 is 13.5 Å². The summed E-state index contributed by atoms with van der Waals surface area (Å²) in [7, 11) is 0. The van der Waals surface area contributed by atoms with Gasteiger partial charge in [0.2, 0.25) is 0 Å². The van der Waals surface area contributed by atoms with E-state index in [9.17, 15) is 4.39 Å². The molecule has 0 radical (unpaired) electrons. The van der Waals surface area contributed by atoms with Crippen molar-refractivity contribution >= 4 is 15.9 Å². The van der Waals surface area contributed by atoms with Gasteiger partial charge in [-0.15, -0.1) is 0 Å². The van der Waals surface area contributed by atoms with E-state index in [1.807, 2.05) is 0 Å². The van der Waals surface area contributed by atoms with Crippen molar-refractivity contribution in [1.82, 2.24) is 4.98 Å². The molecule has 1 aromatic heterocycles. The monoisotopic (exact) mass is 286 g/mol. The molecule has 0 bridgehead atoms. The van der Waals surface area contributed by atoms with Crippen molar-refractivity contribution in [2.75, 3.05) is 0 Å². The summed E-state index contributed by atoms with van der Waals surface area (Å²) >= 11 is 3.23. The molecule has 2 N–H and O–H groups in total. The third-order valence-corrected chi connectivity index (χ3v) is 2.49. The highest BCUT2D eigenvalue weighted by Gasteiger charge is 2.09. The Morgan fingerprint density at radius 3 is 3.00 bits per heavy atom. The van der Waals surface area contributed by atoms with Gasteiger partial charge in [0.15, 0.2) is 0 Å². The number of hydrogen-bond acceptors (Lipinski definition) is 4. The van der Waals surface area contributed by atoms with Crippen molar-refractivity contribution in [2.24, 2.45) is 5.73 Å². The van der Waals surface area contributed by atoms with Crippen molar-refractivity contribution in [2.45, 2.75) is 6.54 Å². The Kier molecular flexibility index (Phi) is 3.21. The first kappa shape index (κ1) is 11.1. The summed E-state index contributed by atoms with van der Waals surface area (Å²) in [5.41, 5.74) is 5.94. The molecule has 1 heterocycles. The molecule has 0 aliphatic rings. The standard InChI is InChI=1S/C10H8BrFN2O2/c11-8-2-1-6(12)3-9(8)16-10-14-7(4-13)5-15-10/h1-3,5H,4,13H2. The summed E-state index contributed by atoms with van der Waals surface area (Å²) in [6.07, 6.45) is 1.43. The first-order valence-corrected chi connectivity index (χ1v) is 5.25. The molecule has 1 aromatic carbocycles. The zero-order valence-corrected chi connectivity index (χ0v) is 9.70. The van der Waals surface area contributed by atoms with Crippen LogP contribution in [0.5, 0.6) is 11.8 Å². The molecule has 0 saturated carbocycles. The van der Waals surface area contributed by atoms with Crippen LogP contribution in [0.25, 0.3) is 0 Å². The van der Waals surface area contributed by atoms with Gasteiger partial charge in [-0.3, -0.25) is 0 Å². The van der Waals surface area contributed by atoms with Crippen LogP contribution in [0, 0.1) is 5.82 Å². The summed E-state index contributed by atoms with van der Waals surface area (Å²) in [5, 5.41) is 0. The molecule has 84 valence electrons. The van der Waals surface area contributed by atoms with Crippen LogP contribution >= 0.6 is 15.9 Å². The number of rotatable bonds is 3. The molecule has 4 nitrogen and oxygen atoms in total. The van der Waals surface area contributed by atoms with Crippen LogP contribution in [0.2, 0.25) is 0 Å².